The third kappa shape index (κ3) is 3.16. The lowest BCUT2D eigenvalue weighted by atomic mass is 10.0. The van der Waals surface area contributed by atoms with Crippen LogP contribution in [0.1, 0.15) is 22.3 Å². The molecule has 0 atom stereocenters. The summed E-state index contributed by atoms with van der Waals surface area (Å²) in [4.78, 5) is 26.5. The van der Waals surface area contributed by atoms with Crippen LogP contribution < -0.4 is 21.5 Å². The van der Waals surface area contributed by atoms with Gasteiger partial charge in [-0.1, -0.05) is 23.3 Å². The molecule has 0 aliphatic heterocycles. The second kappa shape index (κ2) is 7.13. The van der Waals surface area contributed by atoms with Gasteiger partial charge in [0.1, 0.15) is 11.2 Å². The molecule has 2 N–H and O–H groups in total. The highest BCUT2D eigenvalue weighted by atomic mass is 16.4. The second-order valence-corrected chi connectivity index (χ2v) is 7.15. The van der Waals surface area contributed by atoms with Crippen molar-refractivity contribution in [3.63, 3.8) is 0 Å². The number of hydrogen-bond acceptors (Lipinski definition) is 6. The van der Waals surface area contributed by atoms with E-state index in [0.29, 0.717) is 44.8 Å². The van der Waals surface area contributed by atoms with Crippen molar-refractivity contribution in [1.82, 2.24) is 0 Å². The molecule has 6 nitrogen and oxygen atoms in total. The van der Waals surface area contributed by atoms with Crippen LogP contribution in [0.3, 0.4) is 0 Å². The Morgan fingerprint density at radius 2 is 1.14 bits per heavy atom. The molecule has 0 amide bonds. The van der Waals surface area contributed by atoms with Crippen molar-refractivity contribution in [2.24, 2.45) is 0 Å². The number of aryl methyl sites for hydroxylation is 2. The number of fused-ring (bicyclic) bond motifs is 2. The first kappa shape index (κ1) is 18.8. The molecular formula is C23H22N2O4. The summed E-state index contributed by atoms with van der Waals surface area (Å²) in [5.41, 5.74) is 3.39. The van der Waals surface area contributed by atoms with Crippen LogP contribution in [0.15, 0.2) is 54.8 Å². The lowest BCUT2D eigenvalue weighted by Gasteiger charge is -2.12. The molecule has 0 spiro atoms. The molecule has 0 bridgehead atoms. The molecule has 0 aliphatic carbocycles. The Bertz CT molecular complexity index is 1260. The number of nitrogens with one attached hydrogen (secondary N) is 2. The molecule has 0 aliphatic rings. The molecule has 0 saturated heterocycles. The first-order valence-electron chi connectivity index (χ1n) is 9.41. The molecule has 2 aromatic heterocycles. The maximum absolute atomic E-state index is 13.2. The van der Waals surface area contributed by atoms with Crippen molar-refractivity contribution in [2.45, 2.75) is 20.3 Å². The lowest BCUT2D eigenvalue weighted by molar-refractivity contribution is 0.604. The predicted molar refractivity (Wildman–Crippen MR) is 116 cm³/mol. The largest absolute Gasteiger partial charge is 0.440 e. The van der Waals surface area contributed by atoms with Gasteiger partial charge in [0.05, 0.1) is 21.9 Å². The van der Waals surface area contributed by atoms with Gasteiger partial charge in [-0.05, 0) is 38.1 Å². The minimum Gasteiger partial charge on any atom is -0.440 e. The monoisotopic (exact) mass is 390 g/mol. The summed E-state index contributed by atoms with van der Waals surface area (Å²) in [6, 6.07) is 10.9. The highest BCUT2D eigenvalue weighted by Gasteiger charge is 2.20. The Labute approximate surface area is 167 Å². The van der Waals surface area contributed by atoms with Crippen LogP contribution >= 0.6 is 0 Å². The average Bonchev–Trinajstić information content (AvgIpc) is 2.72. The molecule has 4 aromatic rings. The summed E-state index contributed by atoms with van der Waals surface area (Å²) in [5, 5.41) is 6.88. The summed E-state index contributed by atoms with van der Waals surface area (Å²) in [5.74, 6) is 0.689. The molecule has 6 heteroatoms. The maximum Gasteiger partial charge on any atom is 0.200 e. The highest BCUT2D eigenvalue weighted by Crippen LogP contribution is 2.26. The average molecular weight is 390 g/mol. The smallest absolute Gasteiger partial charge is 0.200 e. The van der Waals surface area contributed by atoms with Crippen LogP contribution in [0.25, 0.3) is 21.9 Å². The zero-order valence-electron chi connectivity index (χ0n) is 16.8. The number of hydrogen-bond donors (Lipinski definition) is 2. The van der Waals surface area contributed by atoms with E-state index in [1.54, 1.807) is 38.4 Å². The van der Waals surface area contributed by atoms with Crippen LogP contribution in [0.2, 0.25) is 0 Å². The van der Waals surface area contributed by atoms with Crippen molar-refractivity contribution in [3.8, 4) is 0 Å². The Kier molecular flexibility index (Phi) is 4.62. The van der Waals surface area contributed by atoms with Gasteiger partial charge >= 0.3 is 0 Å². The normalized spacial score (nSPS) is 11.2. The molecule has 2 aromatic carbocycles. The van der Waals surface area contributed by atoms with E-state index in [1.165, 1.54) is 0 Å². The molecule has 0 fully saturated rings. The van der Waals surface area contributed by atoms with Gasteiger partial charge in [-0.15, -0.1) is 0 Å². The van der Waals surface area contributed by atoms with E-state index in [2.05, 4.69) is 10.6 Å². The summed E-state index contributed by atoms with van der Waals surface area (Å²) in [7, 11) is 3.38. The van der Waals surface area contributed by atoms with E-state index in [4.69, 9.17) is 8.83 Å². The summed E-state index contributed by atoms with van der Waals surface area (Å²) >= 11 is 0. The Hall–Kier alpha value is -3.54. The van der Waals surface area contributed by atoms with Crippen LogP contribution in [0, 0.1) is 13.8 Å². The fourth-order valence-electron chi connectivity index (χ4n) is 3.60. The summed E-state index contributed by atoms with van der Waals surface area (Å²) in [6.45, 7) is 3.84. The molecule has 0 unspecified atom stereocenters. The van der Waals surface area contributed by atoms with Gasteiger partial charge < -0.3 is 19.5 Å². The fraction of sp³-hybridized carbons (Fsp3) is 0.217. The third-order valence-electron chi connectivity index (χ3n) is 5.09. The van der Waals surface area contributed by atoms with Crippen molar-refractivity contribution in [1.29, 1.82) is 0 Å². The van der Waals surface area contributed by atoms with E-state index in [0.717, 1.165) is 11.1 Å². The number of benzene rings is 2. The highest BCUT2D eigenvalue weighted by molar-refractivity contribution is 5.81. The molecule has 0 radical (unpaired) electrons. The van der Waals surface area contributed by atoms with Crippen molar-refractivity contribution in [2.75, 3.05) is 24.7 Å². The van der Waals surface area contributed by atoms with Crippen LogP contribution in [0.5, 0.6) is 0 Å². The van der Waals surface area contributed by atoms with E-state index >= 15 is 0 Å². The molecule has 0 saturated carbocycles. The standard InChI is InChI=1S/C23H22N2O4/c1-12-5-7-18-14(9-12)20(26)16(22(24-3)28-18)11-17-21(27)15-10-13(2)6-8-19(15)29-23(17)25-4/h5-10,24-25H,11H2,1-4H3. The Balaban J connectivity index is 1.98. The Morgan fingerprint density at radius 3 is 1.52 bits per heavy atom. The van der Waals surface area contributed by atoms with Gasteiger partial charge in [0.2, 0.25) is 11.8 Å². The molecule has 4 rings (SSSR count). The van der Waals surface area contributed by atoms with E-state index in [1.807, 2.05) is 26.0 Å². The minimum absolute atomic E-state index is 0.0881. The lowest BCUT2D eigenvalue weighted by Crippen LogP contribution is -2.19. The quantitative estimate of drug-likeness (QED) is 0.544. The zero-order valence-corrected chi connectivity index (χ0v) is 16.8. The molecule has 148 valence electrons. The van der Waals surface area contributed by atoms with Crippen molar-refractivity contribution in [3.05, 3.63) is 79.1 Å². The molecule has 29 heavy (non-hydrogen) atoms. The van der Waals surface area contributed by atoms with Crippen LogP contribution in [-0.4, -0.2) is 14.1 Å². The van der Waals surface area contributed by atoms with Gasteiger partial charge in [-0.2, -0.15) is 0 Å². The van der Waals surface area contributed by atoms with Crippen molar-refractivity contribution < 1.29 is 8.83 Å². The molecular weight excluding hydrogens is 368 g/mol. The topological polar surface area (TPSA) is 84.5 Å². The minimum atomic E-state index is -0.162. The van der Waals surface area contributed by atoms with E-state index in [-0.39, 0.29) is 17.3 Å². The van der Waals surface area contributed by atoms with Gasteiger partial charge in [-0.3, -0.25) is 9.59 Å². The SMILES string of the molecule is CNc1oc2ccc(C)cc2c(=O)c1Cc1c(NC)oc2ccc(C)cc2c1=O. The summed E-state index contributed by atoms with van der Waals surface area (Å²) < 4.78 is 11.8. The number of rotatable bonds is 4. The zero-order chi connectivity index (χ0) is 20.7. The van der Waals surface area contributed by atoms with Gasteiger partial charge in [0, 0.05) is 20.5 Å². The van der Waals surface area contributed by atoms with E-state index < -0.39 is 0 Å². The number of anilines is 2. The summed E-state index contributed by atoms with van der Waals surface area (Å²) in [6.07, 6.45) is 0.0881. The van der Waals surface area contributed by atoms with Gasteiger partial charge in [-0.25, -0.2) is 0 Å². The first-order valence-corrected chi connectivity index (χ1v) is 9.41. The van der Waals surface area contributed by atoms with Gasteiger partial charge in [0.25, 0.3) is 0 Å². The second-order valence-electron chi connectivity index (χ2n) is 7.15. The predicted octanol–water partition coefficient (Wildman–Crippen LogP) is 4.19. The van der Waals surface area contributed by atoms with Crippen LogP contribution in [0.4, 0.5) is 11.8 Å². The van der Waals surface area contributed by atoms with Gasteiger partial charge in [0.15, 0.2) is 10.9 Å². The Morgan fingerprint density at radius 1 is 0.724 bits per heavy atom. The van der Waals surface area contributed by atoms with E-state index in [9.17, 15) is 9.59 Å². The maximum atomic E-state index is 13.2. The van der Waals surface area contributed by atoms with Crippen LogP contribution in [-0.2, 0) is 6.42 Å². The first-order chi connectivity index (χ1) is 13.9. The molecule has 2 heterocycles. The third-order valence-corrected chi connectivity index (χ3v) is 5.09. The fourth-order valence-corrected chi connectivity index (χ4v) is 3.60. The van der Waals surface area contributed by atoms with Crippen molar-refractivity contribution >= 4 is 33.7 Å².